The minimum atomic E-state index is -0.709. The molecule has 2 aromatic heterocycles. The number of aliphatic hydroxyl groups is 1. The van der Waals surface area contributed by atoms with E-state index in [1.807, 2.05) is 24.3 Å². The second kappa shape index (κ2) is 6.59. The molecule has 1 aromatic carbocycles. The van der Waals surface area contributed by atoms with E-state index in [2.05, 4.69) is 19.9 Å². The number of hydrogen-bond acceptors (Lipinski definition) is 7. The van der Waals surface area contributed by atoms with Crippen LogP contribution in [0, 0.1) is 0 Å². The predicted octanol–water partition coefficient (Wildman–Crippen LogP) is 0.819. The van der Waals surface area contributed by atoms with Crippen LogP contribution in [0.2, 0.25) is 0 Å². The van der Waals surface area contributed by atoms with Gasteiger partial charge in [-0.1, -0.05) is 6.07 Å². The van der Waals surface area contributed by atoms with Crippen LogP contribution < -0.4 is 15.4 Å². The lowest BCUT2D eigenvalue weighted by Gasteiger charge is -2.25. The Balaban J connectivity index is 2.02. The maximum atomic E-state index is 9.98. The summed E-state index contributed by atoms with van der Waals surface area (Å²) >= 11 is 0. The van der Waals surface area contributed by atoms with Gasteiger partial charge in [0.05, 0.1) is 32.3 Å². The van der Waals surface area contributed by atoms with Gasteiger partial charge in [0.25, 0.3) is 0 Å². The molecule has 0 saturated carbocycles. The number of nitrogens with zero attached hydrogens (tertiary/aromatic N) is 4. The quantitative estimate of drug-likeness (QED) is 0.617. The number of aromatic nitrogens is 4. The van der Waals surface area contributed by atoms with Crippen LogP contribution in [0.4, 0.5) is 11.6 Å². The molecule has 0 saturated heterocycles. The number of benzene rings is 1. The predicted molar refractivity (Wildman–Crippen MR) is 86.7 cm³/mol. The molecule has 1 unspecified atom stereocenters. The highest BCUT2D eigenvalue weighted by Crippen LogP contribution is 2.26. The number of aliphatic hydroxyl groups excluding tert-OH is 1. The third-order valence-electron chi connectivity index (χ3n) is 3.43. The minimum absolute atomic E-state index is 0.144. The fourth-order valence-corrected chi connectivity index (χ4v) is 2.22. The number of aromatic amines is 1. The topological polar surface area (TPSA) is 113 Å². The van der Waals surface area contributed by atoms with Gasteiger partial charge in [0.15, 0.2) is 5.65 Å². The lowest BCUT2D eigenvalue weighted by atomic mass is 10.2. The van der Waals surface area contributed by atoms with Crippen LogP contribution in [0.3, 0.4) is 0 Å². The van der Waals surface area contributed by atoms with E-state index in [0.29, 0.717) is 17.3 Å². The molecule has 0 fully saturated rings. The monoisotopic (exact) mass is 314 g/mol. The Bertz CT molecular complexity index is 790. The fourth-order valence-electron chi connectivity index (χ4n) is 2.22. The minimum Gasteiger partial charge on any atom is -0.497 e. The van der Waals surface area contributed by atoms with Gasteiger partial charge in [-0.05, 0) is 12.1 Å². The lowest BCUT2D eigenvalue weighted by molar-refractivity contribution is 0.190. The van der Waals surface area contributed by atoms with Gasteiger partial charge in [-0.3, -0.25) is 0 Å². The average molecular weight is 314 g/mol. The van der Waals surface area contributed by atoms with Gasteiger partial charge >= 0.3 is 0 Å². The van der Waals surface area contributed by atoms with E-state index < -0.39 is 6.10 Å². The Morgan fingerprint density at radius 2 is 2.26 bits per heavy atom. The molecule has 0 spiro atoms. The molecule has 8 nitrogen and oxygen atoms in total. The van der Waals surface area contributed by atoms with Crippen molar-refractivity contribution < 1.29 is 9.84 Å². The summed E-state index contributed by atoms with van der Waals surface area (Å²) in [5, 5.41) is 9.98. The lowest BCUT2D eigenvalue weighted by Crippen LogP contribution is -2.34. The first-order chi connectivity index (χ1) is 11.2. The number of imidazole rings is 1. The zero-order valence-electron chi connectivity index (χ0n) is 12.7. The summed E-state index contributed by atoms with van der Waals surface area (Å²) < 4.78 is 5.26. The van der Waals surface area contributed by atoms with Gasteiger partial charge in [0.1, 0.15) is 11.3 Å². The molecule has 8 heteroatoms. The molecule has 120 valence electrons. The van der Waals surface area contributed by atoms with E-state index in [9.17, 15) is 5.11 Å². The third kappa shape index (κ3) is 3.22. The van der Waals surface area contributed by atoms with Crippen LogP contribution in [0.15, 0.2) is 36.8 Å². The van der Waals surface area contributed by atoms with Gasteiger partial charge in [-0.2, -0.15) is 4.98 Å². The van der Waals surface area contributed by atoms with Gasteiger partial charge in [0.2, 0.25) is 5.95 Å². The van der Waals surface area contributed by atoms with Crippen molar-refractivity contribution in [1.82, 2.24) is 19.9 Å². The molecule has 23 heavy (non-hydrogen) atoms. The molecule has 3 rings (SSSR count). The summed E-state index contributed by atoms with van der Waals surface area (Å²) in [6.45, 7) is 0.407. The van der Waals surface area contributed by atoms with Crippen LogP contribution in [0.5, 0.6) is 5.75 Å². The van der Waals surface area contributed by atoms with Crippen molar-refractivity contribution in [3.05, 3.63) is 36.8 Å². The summed E-state index contributed by atoms with van der Waals surface area (Å²) in [6.07, 6.45) is 2.51. The molecule has 0 radical (unpaired) electrons. The average Bonchev–Trinajstić information content (AvgIpc) is 3.07. The standard InChI is InChI=1S/C15H18N6O2/c1-23-12-4-2-3-10(5-12)21(8-11(22)6-16)15-17-7-13-14(20-15)19-9-18-13/h2-5,7,9,11,22H,6,8,16H2,1H3,(H,17,18,19,20). The Kier molecular flexibility index (Phi) is 4.35. The molecule has 2 heterocycles. The van der Waals surface area contributed by atoms with E-state index in [1.54, 1.807) is 24.5 Å². The first kappa shape index (κ1) is 15.2. The van der Waals surface area contributed by atoms with Crippen molar-refractivity contribution in [1.29, 1.82) is 0 Å². The molecule has 0 aliphatic carbocycles. The maximum Gasteiger partial charge on any atom is 0.232 e. The summed E-state index contributed by atoms with van der Waals surface area (Å²) in [5.74, 6) is 1.14. The summed E-state index contributed by atoms with van der Waals surface area (Å²) in [7, 11) is 1.60. The van der Waals surface area contributed by atoms with E-state index >= 15 is 0 Å². The number of rotatable bonds is 6. The van der Waals surface area contributed by atoms with Crippen molar-refractivity contribution in [2.75, 3.05) is 25.1 Å². The number of anilines is 2. The second-order valence-corrected chi connectivity index (χ2v) is 5.01. The van der Waals surface area contributed by atoms with Crippen molar-refractivity contribution in [3.8, 4) is 5.75 Å². The smallest absolute Gasteiger partial charge is 0.232 e. The number of ether oxygens (including phenoxy) is 1. The highest BCUT2D eigenvalue weighted by molar-refractivity contribution is 5.71. The van der Waals surface area contributed by atoms with Crippen molar-refractivity contribution in [2.24, 2.45) is 5.73 Å². The number of methoxy groups -OCH3 is 1. The summed E-state index contributed by atoms with van der Waals surface area (Å²) in [6, 6.07) is 7.45. The SMILES string of the molecule is COc1cccc(N(CC(O)CN)c2ncc3[nH]cnc3n2)c1. The highest BCUT2D eigenvalue weighted by Gasteiger charge is 2.17. The first-order valence-corrected chi connectivity index (χ1v) is 7.17. The van der Waals surface area contributed by atoms with Gasteiger partial charge in [-0.15, -0.1) is 0 Å². The Hall–Kier alpha value is -2.71. The van der Waals surface area contributed by atoms with E-state index in [-0.39, 0.29) is 13.1 Å². The molecular weight excluding hydrogens is 296 g/mol. The molecule has 0 bridgehead atoms. The van der Waals surface area contributed by atoms with Crippen LogP contribution in [0.1, 0.15) is 0 Å². The number of hydrogen-bond donors (Lipinski definition) is 3. The number of nitrogens with two attached hydrogens (primary N) is 1. The summed E-state index contributed by atoms with van der Waals surface area (Å²) in [5.41, 5.74) is 7.65. The van der Waals surface area contributed by atoms with E-state index in [0.717, 1.165) is 11.2 Å². The van der Waals surface area contributed by atoms with E-state index in [4.69, 9.17) is 10.5 Å². The van der Waals surface area contributed by atoms with Gasteiger partial charge in [0, 0.05) is 18.3 Å². The Morgan fingerprint density at radius 3 is 3.04 bits per heavy atom. The van der Waals surface area contributed by atoms with Gasteiger partial charge in [-0.25, -0.2) is 9.97 Å². The van der Waals surface area contributed by atoms with Crippen LogP contribution in [0.25, 0.3) is 11.2 Å². The molecule has 0 aliphatic rings. The van der Waals surface area contributed by atoms with Crippen molar-refractivity contribution >= 4 is 22.8 Å². The van der Waals surface area contributed by atoms with Crippen LogP contribution in [-0.4, -0.2) is 51.3 Å². The molecule has 0 aliphatic heterocycles. The highest BCUT2D eigenvalue weighted by atomic mass is 16.5. The van der Waals surface area contributed by atoms with Crippen LogP contribution in [-0.2, 0) is 0 Å². The number of fused-ring (bicyclic) bond motifs is 1. The molecule has 0 amide bonds. The zero-order chi connectivity index (χ0) is 16.2. The largest absolute Gasteiger partial charge is 0.497 e. The fraction of sp³-hybridized carbons (Fsp3) is 0.267. The number of nitrogens with one attached hydrogen (secondary N) is 1. The molecule has 4 N–H and O–H groups in total. The first-order valence-electron chi connectivity index (χ1n) is 7.17. The third-order valence-corrected chi connectivity index (χ3v) is 3.43. The number of H-pyrrole nitrogens is 1. The van der Waals surface area contributed by atoms with Gasteiger partial charge < -0.3 is 25.5 Å². The Labute approximate surface area is 133 Å². The van der Waals surface area contributed by atoms with E-state index in [1.165, 1.54) is 0 Å². The normalized spacial score (nSPS) is 12.3. The zero-order valence-corrected chi connectivity index (χ0v) is 12.7. The maximum absolute atomic E-state index is 9.98. The molecule has 1 atom stereocenters. The van der Waals surface area contributed by atoms with Crippen molar-refractivity contribution in [3.63, 3.8) is 0 Å². The van der Waals surface area contributed by atoms with Crippen LogP contribution >= 0.6 is 0 Å². The second-order valence-electron chi connectivity index (χ2n) is 5.01. The molecule has 3 aromatic rings. The molecular formula is C15H18N6O2. The Morgan fingerprint density at radius 1 is 1.39 bits per heavy atom. The van der Waals surface area contributed by atoms with Crippen molar-refractivity contribution in [2.45, 2.75) is 6.10 Å². The summed E-state index contributed by atoms with van der Waals surface area (Å²) in [4.78, 5) is 17.7.